The summed E-state index contributed by atoms with van der Waals surface area (Å²) in [4.78, 5) is 35.0. The number of aryl methyl sites for hydroxylation is 1. The molecule has 0 aliphatic rings. The Morgan fingerprint density at radius 3 is 2.06 bits per heavy atom. The largest absolute Gasteiger partial charge is 0.481 e. The summed E-state index contributed by atoms with van der Waals surface area (Å²) >= 11 is 0. The highest BCUT2D eigenvalue weighted by atomic mass is 32.2. The molecule has 0 aliphatic heterocycles. The van der Waals surface area contributed by atoms with Crippen molar-refractivity contribution < 1.29 is 46.7 Å². The van der Waals surface area contributed by atoms with E-state index in [4.69, 9.17) is 13.7 Å². The van der Waals surface area contributed by atoms with E-state index in [9.17, 15) is 33.0 Å². The Balaban J connectivity index is 2.71. The molecular weight excluding hydrogens is 458 g/mol. The standard InChI is InChI=1S/C21H31NO10S/c1-13-6-8-15(9-7-13)33(28,29)31-11-10-30-14(2)12-16(17(18(23)24)19(25)26)22-20(27)32-21(3,4)5/h6-9,14,16-17H,10-12H2,1-5H3,(H,22,27)(H,23,24)(H,25,26). The van der Waals surface area contributed by atoms with Crippen molar-refractivity contribution in [1.29, 1.82) is 0 Å². The average Bonchev–Trinajstić information content (AvgIpc) is 2.63. The smallest absolute Gasteiger partial charge is 0.407 e. The Morgan fingerprint density at radius 2 is 1.58 bits per heavy atom. The van der Waals surface area contributed by atoms with Gasteiger partial charge in [-0.2, -0.15) is 8.42 Å². The predicted molar refractivity (Wildman–Crippen MR) is 116 cm³/mol. The lowest BCUT2D eigenvalue weighted by molar-refractivity contribution is -0.156. The van der Waals surface area contributed by atoms with Crippen LogP contribution in [0.25, 0.3) is 0 Å². The summed E-state index contributed by atoms with van der Waals surface area (Å²) in [5.74, 6) is -5.21. The minimum absolute atomic E-state index is 0.00599. The molecule has 1 aromatic carbocycles. The number of ether oxygens (including phenoxy) is 2. The van der Waals surface area contributed by atoms with Crippen molar-refractivity contribution in [3.63, 3.8) is 0 Å². The highest BCUT2D eigenvalue weighted by Gasteiger charge is 2.37. The highest BCUT2D eigenvalue weighted by molar-refractivity contribution is 7.86. The lowest BCUT2D eigenvalue weighted by Crippen LogP contribution is -2.49. The van der Waals surface area contributed by atoms with Crippen molar-refractivity contribution in [2.45, 2.75) is 63.7 Å². The van der Waals surface area contributed by atoms with Crippen LogP contribution in [-0.2, 0) is 33.4 Å². The van der Waals surface area contributed by atoms with Crippen LogP contribution in [0.5, 0.6) is 0 Å². The van der Waals surface area contributed by atoms with Crippen molar-refractivity contribution in [3.05, 3.63) is 29.8 Å². The third-order valence-corrected chi connectivity index (χ3v) is 5.58. The first-order valence-corrected chi connectivity index (χ1v) is 11.6. The summed E-state index contributed by atoms with van der Waals surface area (Å²) in [7, 11) is -3.98. The monoisotopic (exact) mass is 489 g/mol. The van der Waals surface area contributed by atoms with E-state index >= 15 is 0 Å². The molecule has 2 atom stereocenters. The number of benzene rings is 1. The van der Waals surface area contributed by atoms with Gasteiger partial charge in [-0.3, -0.25) is 13.8 Å². The second kappa shape index (κ2) is 12.0. The molecule has 0 bridgehead atoms. The first-order valence-electron chi connectivity index (χ1n) is 10.1. The van der Waals surface area contributed by atoms with Crippen molar-refractivity contribution in [2.75, 3.05) is 13.2 Å². The number of nitrogens with one attached hydrogen (secondary N) is 1. The van der Waals surface area contributed by atoms with E-state index in [1.807, 2.05) is 6.92 Å². The van der Waals surface area contributed by atoms with Crippen LogP contribution in [-0.4, -0.2) is 67.6 Å². The van der Waals surface area contributed by atoms with E-state index in [2.05, 4.69) is 5.32 Å². The molecule has 11 nitrogen and oxygen atoms in total. The van der Waals surface area contributed by atoms with Gasteiger partial charge in [-0.15, -0.1) is 0 Å². The summed E-state index contributed by atoms with van der Waals surface area (Å²) in [5.41, 5.74) is 0.0144. The lowest BCUT2D eigenvalue weighted by atomic mass is 9.95. The number of carboxylic acids is 2. The predicted octanol–water partition coefficient (Wildman–Crippen LogP) is 2.17. The van der Waals surface area contributed by atoms with Crippen LogP contribution in [0.4, 0.5) is 4.79 Å². The molecular formula is C21H31NO10S. The number of carbonyl (C=O) groups is 3. The van der Waals surface area contributed by atoms with E-state index in [-0.39, 0.29) is 24.5 Å². The summed E-state index contributed by atoms with van der Waals surface area (Å²) in [6, 6.07) is 4.75. The van der Waals surface area contributed by atoms with Crippen LogP contribution >= 0.6 is 0 Å². The Kier molecular flexibility index (Phi) is 10.3. The van der Waals surface area contributed by atoms with E-state index < -0.39 is 51.8 Å². The fourth-order valence-electron chi connectivity index (χ4n) is 2.78. The third kappa shape index (κ3) is 10.2. The van der Waals surface area contributed by atoms with Crippen LogP contribution < -0.4 is 5.32 Å². The molecule has 12 heteroatoms. The lowest BCUT2D eigenvalue weighted by Gasteiger charge is -2.27. The van der Waals surface area contributed by atoms with Gasteiger partial charge in [0.1, 0.15) is 5.60 Å². The van der Waals surface area contributed by atoms with Crippen molar-refractivity contribution in [1.82, 2.24) is 5.32 Å². The maximum absolute atomic E-state index is 12.2. The maximum Gasteiger partial charge on any atom is 0.407 e. The second-order valence-electron chi connectivity index (χ2n) is 8.41. The van der Waals surface area contributed by atoms with Gasteiger partial charge >= 0.3 is 18.0 Å². The Labute approximate surface area is 193 Å². The van der Waals surface area contributed by atoms with Gasteiger partial charge < -0.3 is 25.0 Å². The third-order valence-electron chi connectivity index (χ3n) is 4.26. The first kappa shape index (κ1) is 28.3. The molecule has 2 unspecified atom stereocenters. The second-order valence-corrected chi connectivity index (χ2v) is 10.0. The molecule has 0 spiro atoms. The number of aliphatic carboxylic acids is 2. The zero-order chi connectivity index (χ0) is 25.4. The molecule has 1 aromatic rings. The zero-order valence-corrected chi connectivity index (χ0v) is 20.0. The van der Waals surface area contributed by atoms with Crippen molar-refractivity contribution in [2.24, 2.45) is 5.92 Å². The maximum atomic E-state index is 12.2. The van der Waals surface area contributed by atoms with Gasteiger partial charge in [-0.05, 0) is 53.2 Å². The summed E-state index contributed by atoms with van der Waals surface area (Å²) in [6.45, 7) is 7.66. The highest BCUT2D eigenvalue weighted by Crippen LogP contribution is 2.16. The van der Waals surface area contributed by atoms with Gasteiger partial charge in [0.25, 0.3) is 10.1 Å². The molecule has 0 saturated carbocycles. The molecule has 0 fully saturated rings. The minimum atomic E-state index is -3.98. The Bertz CT molecular complexity index is 907. The summed E-state index contributed by atoms with van der Waals surface area (Å²) < 4.78 is 39.8. The van der Waals surface area contributed by atoms with E-state index in [0.29, 0.717) is 0 Å². The fourth-order valence-corrected chi connectivity index (χ4v) is 3.67. The van der Waals surface area contributed by atoms with E-state index in [1.165, 1.54) is 19.1 Å². The molecule has 0 saturated heterocycles. The van der Waals surface area contributed by atoms with Crippen molar-refractivity contribution in [3.8, 4) is 0 Å². The first-order chi connectivity index (χ1) is 15.1. The van der Waals surface area contributed by atoms with Crippen LogP contribution in [0.2, 0.25) is 0 Å². The quantitative estimate of drug-likeness (QED) is 0.225. The molecule has 0 heterocycles. The van der Waals surface area contributed by atoms with Crippen LogP contribution in [0.3, 0.4) is 0 Å². The molecule has 33 heavy (non-hydrogen) atoms. The van der Waals surface area contributed by atoms with Gasteiger partial charge in [-0.1, -0.05) is 17.7 Å². The summed E-state index contributed by atoms with van der Waals surface area (Å²) in [5, 5.41) is 20.9. The number of hydrogen-bond donors (Lipinski definition) is 3. The van der Waals surface area contributed by atoms with Crippen LogP contribution in [0.1, 0.15) is 39.7 Å². The van der Waals surface area contributed by atoms with Gasteiger partial charge in [0.05, 0.1) is 30.3 Å². The van der Waals surface area contributed by atoms with Gasteiger partial charge in [0.2, 0.25) is 0 Å². The molecule has 0 aliphatic carbocycles. The fraction of sp³-hybridized carbons (Fsp3) is 0.571. The number of alkyl carbamates (subject to hydrolysis) is 1. The molecule has 186 valence electrons. The van der Waals surface area contributed by atoms with Gasteiger partial charge in [0.15, 0.2) is 5.92 Å². The Hall–Kier alpha value is -2.70. The number of hydrogen-bond acceptors (Lipinski definition) is 8. The number of carbonyl (C=O) groups excluding carboxylic acids is 1. The number of rotatable bonds is 12. The molecule has 1 amide bonds. The molecule has 0 radical (unpaired) electrons. The van der Waals surface area contributed by atoms with Crippen molar-refractivity contribution >= 4 is 28.1 Å². The number of amides is 1. The summed E-state index contributed by atoms with van der Waals surface area (Å²) in [6.07, 6.45) is -1.90. The van der Waals surface area contributed by atoms with E-state index in [1.54, 1.807) is 32.9 Å². The average molecular weight is 490 g/mol. The molecule has 1 rings (SSSR count). The zero-order valence-electron chi connectivity index (χ0n) is 19.2. The number of carboxylic acid groups (broad SMARTS) is 2. The topological polar surface area (TPSA) is 166 Å². The Morgan fingerprint density at radius 1 is 1.03 bits per heavy atom. The van der Waals surface area contributed by atoms with Gasteiger partial charge in [0, 0.05) is 0 Å². The molecule has 0 aromatic heterocycles. The minimum Gasteiger partial charge on any atom is -0.481 e. The van der Waals surface area contributed by atoms with Crippen LogP contribution in [0, 0.1) is 12.8 Å². The van der Waals surface area contributed by atoms with E-state index in [0.717, 1.165) is 5.56 Å². The van der Waals surface area contributed by atoms with Crippen LogP contribution in [0.15, 0.2) is 29.2 Å². The normalized spacial score (nSPS) is 13.9. The SMILES string of the molecule is Cc1ccc(S(=O)(=O)OCCOC(C)CC(NC(=O)OC(C)(C)C)C(C(=O)O)C(=O)O)cc1. The molecule has 3 N–H and O–H groups in total. The van der Waals surface area contributed by atoms with Gasteiger partial charge in [-0.25, -0.2) is 4.79 Å².